The number of hydrogen-bond acceptors (Lipinski definition) is 4. The van der Waals surface area contributed by atoms with Crippen molar-refractivity contribution >= 4 is 17.7 Å². The van der Waals surface area contributed by atoms with Crippen molar-refractivity contribution in [2.45, 2.75) is 37.2 Å². The Morgan fingerprint density at radius 1 is 0.789 bits per heavy atom. The fraction of sp³-hybridized carbons (Fsp3) is 0.156. The Morgan fingerprint density at radius 2 is 1.42 bits per heavy atom. The number of rotatable bonds is 9. The molecule has 0 aliphatic carbocycles. The van der Waals surface area contributed by atoms with Gasteiger partial charge in [0.15, 0.2) is 11.0 Å². The molecule has 0 aliphatic heterocycles. The van der Waals surface area contributed by atoms with E-state index in [9.17, 15) is 4.79 Å². The zero-order chi connectivity index (χ0) is 26.3. The fourth-order valence-corrected chi connectivity index (χ4v) is 5.29. The van der Waals surface area contributed by atoms with Crippen LogP contribution in [0.25, 0.3) is 5.69 Å². The molecule has 0 bridgehead atoms. The minimum absolute atomic E-state index is 0.124. The topological polar surface area (TPSA) is 59.8 Å². The molecular weight excluding hydrogens is 488 g/mol. The molecule has 5 rings (SSSR count). The number of nitrogens with one attached hydrogen (secondary N) is 1. The zero-order valence-electron chi connectivity index (χ0n) is 21.5. The first-order valence-corrected chi connectivity index (χ1v) is 13.7. The normalized spacial score (nSPS) is 11.7. The second-order valence-corrected chi connectivity index (χ2v) is 10.3. The average molecular weight is 519 g/mol. The lowest BCUT2D eigenvalue weighted by Gasteiger charge is -2.21. The van der Waals surface area contributed by atoms with E-state index in [0.29, 0.717) is 17.8 Å². The van der Waals surface area contributed by atoms with Gasteiger partial charge in [-0.25, -0.2) is 0 Å². The third-order valence-electron chi connectivity index (χ3n) is 6.45. The van der Waals surface area contributed by atoms with Gasteiger partial charge in [0, 0.05) is 17.0 Å². The van der Waals surface area contributed by atoms with Crippen molar-refractivity contribution in [1.29, 1.82) is 0 Å². The van der Waals surface area contributed by atoms with E-state index in [0.717, 1.165) is 27.7 Å². The zero-order valence-corrected chi connectivity index (χ0v) is 22.4. The van der Waals surface area contributed by atoms with Crippen molar-refractivity contribution < 1.29 is 4.79 Å². The summed E-state index contributed by atoms with van der Waals surface area (Å²) in [7, 11) is 0. The van der Waals surface area contributed by atoms with E-state index in [2.05, 4.69) is 75.5 Å². The first-order chi connectivity index (χ1) is 18.6. The fourth-order valence-electron chi connectivity index (χ4n) is 4.38. The number of amides is 1. The van der Waals surface area contributed by atoms with Gasteiger partial charge in [-0.2, -0.15) is 0 Å². The first-order valence-electron chi connectivity index (χ1n) is 12.7. The Morgan fingerprint density at radius 3 is 2.11 bits per heavy atom. The number of nitrogens with zero attached hydrogens (tertiary/aromatic N) is 3. The highest BCUT2D eigenvalue weighted by atomic mass is 32.2. The SMILES string of the molecule is Cc1ccc(-n2c(SCc3ccccc3)nnc2C(Cc2ccccc2)NC(=O)c2ccccc2C)cc1. The molecule has 0 saturated heterocycles. The molecule has 5 nitrogen and oxygen atoms in total. The average Bonchev–Trinajstić information content (AvgIpc) is 3.37. The van der Waals surface area contributed by atoms with Crippen LogP contribution in [0.1, 0.15) is 44.5 Å². The van der Waals surface area contributed by atoms with E-state index in [1.807, 2.05) is 67.6 Å². The highest BCUT2D eigenvalue weighted by Gasteiger charge is 2.26. The maximum atomic E-state index is 13.5. The van der Waals surface area contributed by atoms with Gasteiger partial charge in [0.1, 0.15) is 0 Å². The van der Waals surface area contributed by atoms with Crippen LogP contribution in [-0.4, -0.2) is 20.7 Å². The summed E-state index contributed by atoms with van der Waals surface area (Å²) in [6, 6.07) is 36.1. The highest BCUT2D eigenvalue weighted by molar-refractivity contribution is 7.98. The number of aryl methyl sites for hydroxylation is 2. The third kappa shape index (κ3) is 6.03. The van der Waals surface area contributed by atoms with Gasteiger partial charge in [0.25, 0.3) is 5.91 Å². The molecule has 1 atom stereocenters. The molecule has 1 N–H and O–H groups in total. The number of hydrogen-bond donors (Lipinski definition) is 1. The van der Waals surface area contributed by atoms with Crippen molar-refractivity contribution in [1.82, 2.24) is 20.1 Å². The second kappa shape index (κ2) is 11.9. The summed E-state index contributed by atoms with van der Waals surface area (Å²) >= 11 is 1.64. The van der Waals surface area contributed by atoms with E-state index in [4.69, 9.17) is 0 Å². The molecule has 190 valence electrons. The number of carbonyl (C=O) groups excluding carboxylic acids is 1. The Kier molecular flexibility index (Phi) is 8.00. The standard InChI is InChI=1S/C32H30N4OS/c1-23-17-19-27(20-18-23)36-30(34-35-32(36)38-22-26-14-7-4-8-15-26)29(21-25-12-5-3-6-13-25)33-31(37)28-16-10-9-11-24(28)2/h3-20,29H,21-22H2,1-2H3,(H,33,37). The molecular formula is C32H30N4OS. The van der Waals surface area contributed by atoms with Crippen molar-refractivity contribution in [2.75, 3.05) is 0 Å². The summed E-state index contributed by atoms with van der Waals surface area (Å²) in [5.74, 6) is 1.35. The lowest BCUT2D eigenvalue weighted by molar-refractivity contribution is 0.0933. The summed E-state index contributed by atoms with van der Waals surface area (Å²) in [6.07, 6.45) is 0.589. The van der Waals surface area contributed by atoms with Crippen LogP contribution < -0.4 is 5.32 Å². The van der Waals surface area contributed by atoms with E-state index < -0.39 is 0 Å². The molecule has 0 radical (unpaired) electrons. The maximum absolute atomic E-state index is 13.5. The predicted octanol–water partition coefficient (Wildman–Crippen LogP) is 6.89. The molecule has 6 heteroatoms. The van der Waals surface area contributed by atoms with Gasteiger partial charge in [-0.1, -0.05) is 108 Å². The monoisotopic (exact) mass is 518 g/mol. The van der Waals surface area contributed by atoms with E-state index in [1.165, 1.54) is 11.1 Å². The van der Waals surface area contributed by atoms with Crippen LogP contribution in [0.2, 0.25) is 0 Å². The minimum atomic E-state index is -0.385. The number of aromatic nitrogens is 3. The molecule has 0 aliphatic rings. The van der Waals surface area contributed by atoms with Crippen LogP contribution in [0.15, 0.2) is 114 Å². The summed E-state index contributed by atoms with van der Waals surface area (Å²) in [5.41, 5.74) is 6.06. The summed E-state index contributed by atoms with van der Waals surface area (Å²) < 4.78 is 2.08. The molecule has 0 saturated carbocycles. The Balaban J connectivity index is 1.55. The van der Waals surface area contributed by atoms with Crippen LogP contribution in [0, 0.1) is 13.8 Å². The second-order valence-electron chi connectivity index (χ2n) is 9.32. The number of thioether (sulfide) groups is 1. The molecule has 5 aromatic rings. The van der Waals surface area contributed by atoms with Gasteiger partial charge in [-0.15, -0.1) is 10.2 Å². The van der Waals surface area contributed by atoms with Gasteiger partial charge in [-0.05, 0) is 55.2 Å². The largest absolute Gasteiger partial charge is 0.342 e. The van der Waals surface area contributed by atoms with Crippen LogP contribution in [0.4, 0.5) is 0 Å². The van der Waals surface area contributed by atoms with Crippen LogP contribution in [0.5, 0.6) is 0 Å². The summed E-state index contributed by atoms with van der Waals surface area (Å²) in [6.45, 7) is 4.02. The van der Waals surface area contributed by atoms with Gasteiger partial charge >= 0.3 is 0 Å². The Hall–Kier alpha value is -4.16. The van der Waals surface area contributed by atoms with E-state index in [-0.39, 0.29) is 11.9 Å². The van der Waals surface area contributed by atoms with Gasteiger partial charge < -0.3 is 5.32 Å². The van der Waals surface area contributed by atoms with Gasteiger partial charge in [0.05, 0.1) is 6.04 Å². The van der Waals surface area contributed by atoms with Crippen LogP contribution in [-0.2, 0) is 12.2 Å². The van der Waals surface area contributed by atoms with E-state index in [1.54, 1.807) is 11.8 Å². The van der Waals surface area contributed by atoms with Crippen molar-refractivity contribution in [3.05, 3.63) is 143 Å². The molecule has 0 fully saturated rings. The summed E-state index contributed by atoms with van der Waals surface area (Å²) in [4.78, 5) is 13.5. The molecule has 1 heterocycles. The van der Waals surface area contributed by atoms with Gasteiger partial charge in [0.2, 0.25) is 0 Å². The third-order valence-corrected chi connectivity index (χ3v) is 7.45. The lowest BCUT2D eigenvalue weighted by atomic mass is 10.0. The van der Waals surface area contributed by atoms with Gasteiger partial charge in [-0.3, -0.25) is 9.36 Å². The highest BCUT2D eigenvalue weighted by Crippen LogP contribution is 2.29. The quantitative estimate of drug-likeness (QED) is 0.216. The smallest absolute Gasteiger partial charge is 0.252 e. The molecule has 4 aromatic carbocycles. The molecule has 38 heavy (non-hydrogen) atoms. The van der Waals surface area contributed by atoms with Crippen molar-refractivity contribution in [3.8, 4) is 5.69 Å². The van der Waals surface area contributed by atoms with Crippen LogP contribution >= 0.6 is 11.8 Å². The molecule has 1 amide bonds. The lowest BCUT2D eigenvalue weighted by Crippen LogP contribution is -2.32. The van der Waals surface area contributed by atoms with Crippen molar-refractivity contribution in [2.24, 2.45) is 0 Å². The Bertz CT molecular complexity index is 1500. The minimum Gasteiger partial charge on any atom is -0.342 e. The number of benzene rings is 4. The molecule has 1 aromatic heterocycles. The Labute approximate surface area is 228 Å². The maximum Gasteiger partial charge on any atom is 0.252 e. The predicted molar refractivity (Wildman–Crippen MR) is 154 cm³/mol. The molecule has 0 spiro atoms. The molecule has 1 unspecified atom stereocenters. The van der Waals surface area contributed by atoms with Crippen molar-refractivity contribution in [3.63, 3.8) is 0 Å². The number of carbonyl (C=O) groups is 1. The van der Waals surface area contributed by atoms with E-state index >= 15 is 0 Å². The van der Waals surface area contributed by atoms with Crippen LogP contribution in [0.3, 0.4) is 0 Å². The summed E-state index contributed by atoms with van der Waals surface area (Å²) in [5, 5.41) is 13.3. The first kappa shape index (κ1) is 25.5.